The van der Waals surface area contributed by atoms with E-state index in [1.165, 1.54) is 12.8 Å². The Bertz CT molecular complexity index is 5.61. The number of unbranched alkanes of at least 4 members (excludes halogenated alkanes) is 1. The van der Waals surface area contributed by atoms with Crippen LogP contribution in [-0.4, -0.2) is 0 Å². The molecule has 0 saturated carbocycles. The van der Waals surface area contributed by atoms with Crippen molar-refractivity contribution >= 4 is 0 Å². The monoisotopic (exact) mass is 197 g/mol. The maximum atomic E-state index is 2.18. The van der Waals surface area contributed by atoms with E-state index >= 15 is 0 Å². The summed E-state index contributed by atoms with van der Waals surface area (Å²) in [5.41, 5.74) is 0. The van der Waals surface area contributed by atoms with Crippen LogP contribution in [0.15, 0.2) is 0 Å². The van der Waals surface area contributed by atoms with E-state index in [-0.39, 0.29) is 35.6 Å². The van der Waals surface area contributed by atoms with Crippen molar-refractivity contribution in [2.45, 2.75) is 26.7 Å². The summed E-state index contributed by atoms with van der Waals surface area (Å²) in [6.45, 7) is 4.36. The van der Waals surface area contributed by atoms with E-state index in [1.807, 2.05) is 0 Å². The van der Waals surface area contributed by atoms with Gasteiger partial charge >= 0.3 is 0 Å². The van der Waals surface area contributed by atoms with Crippen LogP contribution in [0.1, 0.15) is 26.7 Å². The van der Waals surface area contributed by atoms with Crippen LogP contribution in [0, 0.1) is 35.6 Å². The molecule has 0 aromatic rings. The maximum Gasteiger partial charge on any atom is 0 e. The van der Waals surface area contributed by atoms with Crippen LogP contribution in [0.3, 0.4) is 0 Å². The molecule has 0 heterocycles. The number of rotatable bonds is 1. The van der Waals surface area contributed by atoms with Gasteiger partial charge in [0.15, 0.2) is 0 Å². The van der Waals surface area contributed by atoms with Crippen LogP contribution in [0.25, 0.3) is 0 Å². The van der Waals surface area contributed by atoms with Gasteiger partial charge in [0.1, 0.15) is 0 Å². The first-order valence-corrected chi connectivity index (χ1v) is 1.91. The Morgan fingerprint density at radius 2 is 1.20 bits per heavy atom. The van der Waals surface area contributed by atoms with Crippen molar-refractivity contribution in [3.8, 4) is 0 Å². The van der Waals surface area contributed by atoms with Crippen LogP contribution >= 0.6 is 0 Å². The summed E-state index contributed by atoms with van der Waals surface area (Å²) in [6, 6.07) is 0. The van der Waals surface area contributed by atoms with E-state index in [9.17, 15) is 0 Å². The zero-order chi connectivity index (χ0) is 3.41. The Hall–Kier alpha value is 1.19. The number of hydrogen-bond acceptors (Lipinski definition) is 0. The third-order valence-corrected chi connectivity index (χ3v) is 0.500. The molecule has 0 aromatic carbocycles. The zero-order valence-electron chi connectivity index (χ0n) is 3.99. The third kappa shape index (κ3) is 11.0. The summed E-state index contributed by atoms with van der Waals surface area (Å²) in [6.07, 6.45) is 2.64. The number of hydrogen-bond donors (Lipinski definition) is 0. The first-order chi connectivity index (χ1) is 1.91. The topological polar surface area (TPSA) is 0 Å². The second kappa shape index (κ2) is 8.96. The van der Waals surface area contributed by atoms with Gasteiger partial charge < -0.3 is 0 Å². The van der Waals surface area contributed by atoms with E-state index in [0.717, 1.165) is 0 Å². The summed E-state index contributed by atoms with van der Waals surface area (Å²) in [5, 5.41) is 0. The molecule has 0 unspecified atom stereocenters. The molecule has 5 heavy (non-hydrogen) atoms. The molecule has 0 spiro atoms. The third-order valence-electron chi connectivity index (χ3n) is 0.500. The van der Waals surface area contributed by atoms with Crippen LogP contribution < -0.4 is 0 Å². The van der Waals surface area contributed by atoms with Gasteiger partial charge in [-0.3, -0.25) is 0 Å². The van der Waals surface area contributed by atoms with Gasteiger partial charge in [-0.25, -0.2) is 0 Å². The van der Waals surface area contributed by atoms with Crippen molar-refractivity contribution in [2.75, 3.05) is 0 Å². The van der Waals surface area contributed by atoms with Crippen LogP contribution in [0.4, 0.5) is 0 Å². The molecule has 0 amide bonds. The second-order valence-electron chi connectivity index (χ2n) is 1.000. The molecule has 0 bridgehead atoms. The summed E-state index contributed by atoms with van der Waals surface area (Å²) in [4.78, 5) is 0. The Kier molecular flexibility index (Phi) is 17.0. The van der Waals surface area contributed by atoms with Crippen molar-refractivity contribution < 1.29 is 35.6 Å². The van der Waals surface area contributed by atoms with Gasteiger partial charge in [0.2, 0.25) is 0 Å². The van der Waals surface area contributed by atoms with Crippen LogP contribution in [0.5, 0.6) is 0 Å². The molecule has 0 atom stereocenters. The molecule has 0 saturated heterocycles. The molecule has 1 radical (unpaired) electrons. The summed E-state index contributed by atoms with van der Waals surface area (Å²) >= 11 is 0. The predicted molar refractivity (Wildman–Crippen MR) is 20.6 cm³/mol. The minimum Gasteiger partial charge on any atom is -0.0654 e. The van der Waals surface area contributed by atoms with Gasteiger partial charge in [-0.15, -0.1) is 0 Å². The van der Waals surface area contributed by atoms with Gasteiger partial charge in [0.05, 0.1) is 0 Å². The van der Waals surface area contributed by atoms with Gasteiger partial charge in [-0.05, 0) is 0 Å². The largest absolute Gasteiger partial charge is 0.0654 e. The van der Waals surface area contributed by atoms with E-state index in [4.69, 9.17) is 0 Å². The molecule has 29 valence electrons. The molecule has 0 nitrogen and oxygen atoms in total. The minimum absolute atomic E-state index is 0. The molecule has 0 aliphatic heterocycles. The standard InChI is InChI=1S/C4H10.La/c1-3-4-2;/h3-4H2,1-2H3;. The Morgan fingerprint density at radius 1 is 1.00 bits per heavy atom. The molecule has 1 heteroatoms. The molecule has 0 aromatic heterocycles. The van der Waals surface area contributed by atoms with Crippen molar-refractivity contribution in [1.29, 1.82) is 0 Å². The predicted octanol–water partition coefficient (Wildman–Crippen LogP) is 1.81. The SMILES string of the molecule is CCCC.[La]. The molecule has 0 fully saturated rings. The van der Waals surface area contributed by atoms with Gasteiger partial charge in [-0.2, -0.15) is 0 Å². The van der Waals surface area contributed by atoms with E-state index in [2.05, 4.69) is 13.8 Å². The summed E-state index contributed by atoms with van der Waals surface area (Å²) in [5.74, 6) is 0. The smallest absolute Gasteiger partial charge is 0 e. The Balaban J connectivity index is 0. The molecular formula is C4H10La. The summed E-state index contributed by atoms with van der Waals surface area (Å²) in [7, 11) is 0. The molecule has 0 rings (SSSR count). The molecular weight excluding hydrogens is 187 g/mol. The molecule has 0 N–H and O–H groups in total. The molecule has 0 aliphatic rings. The van der Waals surface area contributed by atoms with Crippen molar-refractivity contribution in [2.24, 2.45) is 0 Å². The second-order valence-corrected chi connectivity index (χ2v) is 1.000. The van der Waals surface area contributed by atoms with Crippen molar-refractivity contribution in [3.63, 3.8) is 0 Å². The fourth-order valence-electron chi connectivity index (χ4n) is 0. The first kappa shape index (κ1) is 9.50. The maximum absolute atomic E-state index is 2.18. The van der Waals surface area contributed by atoms with Crippen molar-refractivity contribution in [1.82, 2.24) is 0 Å². The van der Waals surface area contributed by atoms with E-state index in [1.54, 1.807) is 0 Å². The zero-order valence-corrected chi connectivity index (χ0v) is 7.62. The normalized spacial score (nSPS) is 6.00. The summed E-state index contributed by atoms with van der Waals surface area (Å²) < 4.78 is 0. The van der Waals surface area contributed by atoms with E-state index in [0.29, 0.717) is 0 Å². The van der Waals surface area contributed by atoms with Crippen LogP contribution in [0.2, 0.25) is 0 Å². The van der Waals surface area contributed by atoms with Gasteiger partial charge in [0.25, 0.3) is 0 Å². The molecule has 0 aliphatic carbocycles. The average molecular weight is 197 g/mol. The van der Waals surface area contributed by atoms with Crippen molar-refractivity contribution in [3.05, 3.63) is 0 Å². The Morgan fingerprint density at radius 3 is 1.20 bits per heavy atom. The quantitative estimate of drug-likeness (QED) is 0.601. The van der Waals surface area contributed by atoms with E-state index < -0.39 is 0 Å². The van der Waals surface area contributed by atoms with Gasteiger partial charge in [0, 0.05) is 35.6 Å². The average Bonchev–Trinajstić information content (AvgIpc) is 1.37. The fourth-order valence-corrected chi connectivity index (χ4v) is 0. The minimum atomic E-state index is 0. The van der Waals surface area contributed by atoms with Gasteiger partial charge in [-0.1, -0.05) is 26.7 Å². The first-order valence-electron chi connectivity index (χ1n) is 1.91. The fraction of sp³-hybridized carbons (Fsp3) is 1.00. The Labute approximate surface area is 61.9 Å². The van der Waals surface area contributed by atoms with Crippen LogP contribution in [-0.2, 0) is 0 Å².